The largest absolute Gasteiger partial charge is 0.333 e. The molecule has 2 aliphatic rings. The number of carbonyl (C=O) groups is 4. The maximum Gasteiger partial charge on any atom is 0.246 e. The second-order valence-electron chi connectivity index (χ2n) is 6.72. The zero-order chi connectivity index (χ0) is 19.4. The molecule has 5 nitrogen and oxygen atoms in total. The van der Waals surface area contributed by atoms with Crippen LogP contribution in [0.1, 0.15) is 43.4 Å². The fourth-order valence-corrected chi connectivity index (χ4v) is 5.39. The Balaban J connectivity index is 1.88. The first-order valence-corrected chi connectivity index (χ1v) is 11.2. The Bertz CT molecular complexity index is 748. The summed E-state index contributed by atoms with van der Waals surface area (Å²) in [6.07, 6.45) is 2.06. The molecule has 0 radical (unpaired) electrons. The number of thioether (sulfide) groups is 2. The third-order valence-electron chi connectivity index (χ3n) is 5.08. The van der Waals surface area contributed by atoms with Gasteiger partial charge in [0.25, 0.3) is 0 Å². The summed E-state index contributed by atoms with van der Waals surface area (Å²) >= 11 is 2.18. The molecule has 1 amide bonds. The Labute approximate surface area is 167 Å². The van der Waals surface area contributed by atoms with Gasteiger partial charge in [0.1, 0.15) is 17.5 Å². The summed E-state index contributed by atoms with van der Waals surface area (Å²) in [5, 5.41) is 0. The van der Waals surface area contributed by atoms with E-state index in [1.807, 2.05) is 31.2 Å². The molecule has 0 bridgehead atoms. The highest BCUT2D eigenvalue weighted by Crippen LogP contribution is 2.39. The van der Waals surface area contributed by atoms with Crippen molar-refractivity contribution < 1.29 is 19.2 Å². The van der Waals surface area contributed by atoms with Gasteiger partial charge in [0.2, 0.25) is 10.4 Å². The first-order chi connectivity index (χ1) is 13.0. The van der Waals surface area contributed by atoms with Crippen LogP contribution in [0, 0.1) is 5.92 Å². The lowest BCUT2D eigenvalue weighted by Crippen LogP contribution is -2.48. The first-order valence-electron chi connectivity index (χ1n) is 9.25. The molecule has 1 saturated carbocycles. The Morgan fingerprint density at radius 3 is 2.48 bits per heavy atom. The molecule has 144 valence electrons. The molecule has 1 unspecified atom stereocenters. The highest BCUT2D eigenvalue weighted by Gasteiger charge is 2.44. The van der Waals surface area contributed by atoms with Crippen molar-refractivity contribution in [2.24, 2.45) is 5.92 Å². The van der Waals surface area contributed by atoms with Crippen LogP contribution in [0.2, 0.25) is 0 Å². The van der Waals surface area contributed by atoms with Crippen LogP contribution in [0.4, 0.5) is 4.79 Å². The van der Waals surface area contributed by atoms with Crippen molar-refractivity contribution in [3.05, 3.63) is 35.4 Å². The minimum atomic E-state index is -0.783. The molecule has 1 atom stereocenters. The van der Waals surface area contributed by atoms with Crippen LogP contribution >= 0.6 is 23.5 Å². The van der Waals surface area contributed by atoms with E-state index in [0.29, 0.717) is 38.0 Å². The molecule has 7 heteroatoms. The van der Waals surface area contributed by atoms with Crippen LogP contribution in [-0.2, 0) is 20.8 Å². The molecule has 0 spiro atoms. The Hall–Kier alpha value is -1.60. The van der Waals surface area contributed by atoms with E-state index in [9.17, 15) is 19.2 Å². The highest BCUT2D eigenvalue weighted by atomic mass is 32.2. The molecule has 0 aromatic heterocycles. The monoisotopic (exact) mass is 405 g/mol. The average molecular weight is 406 g/mol. The highest BCUT2D eigenvalue weighted by molar-refractivity contribution is 8.38. The standard InChI is InChI=1S/C20H23NO4S2/c1-2-26-20(25)27-12-17(24)21-11-10-13-6-3-4-7-14(13)19(21)18-15(22)8-5-9-16(18)23/h3-4,6-7,18-19H,2,5,8-12H2,1H3. The summed E-state index contributed by atoms with van der Waals surface area (Å²) in [6, 6.07) is 7.19. The van der Waals surface area contributed by atoms with E-state index >= 15 is 0 Å². The van der Waals surface area contributed by atoms with Gasteiger partial charge in [-0.15, -0.1) is 0 Å². The molecule has 3 rings (SSSR count). The number of Topliss-reactive ketones (excluding diaryl/α,β-unsaturated/α-hetero) is 2. The number of fused-ring (bicyclic) bond motifs is 1. The van der Waals surface area contributed by atoms with Crippen LogP contribution in [0.5, 0.6) is 0 Å². The van der Waals surface area contributed by atoms with Crippen LogP contribution < -0.4 is 0 Å². The lowest BCUT2D eigenvalue weighted by Gasteiger charge is -2.41. The summed E-state index contributed by atoms with van der Waals surface area (Å²) in [5.41, 5.74) is 1.98. The van der Waals surface area contributed by atoms with E-state index in [1.165, 1.54) is 11.8 Å². The Kier molecular flexibility index (Phi) is 6.76. The van der Waals surface area contributed by atoms with Gasteiger partial charge in [-0.05, 0) is 29.7 Å². The normalized spacial score (nSPS) is 20.5. The second kappa shape index (κ2) is 9.06. The van der Waals surface area contributed by atoms with E-state index in [-0.39, 0.29) is 27.7 Å². The maximum absolute atomic E-state index is 12.9. The Morgan fingerprint density at radius 1 is 1.07 bits per heavy atom. The predicted octanol–water partition coefficient (Wildman–Crippen LogP) is 3.66. The van der Waals surface area contributed by atoms with E-state index < -0.39 is 12.0 Å². The van der Waals surface area contributed by atoms with E-state index in [1.54, 1.807) is 4.90 Å². The van der Waals surface area contributed by atoms with Gasteiger partial charge in [0, 0.05) is 19.4 Å². The molecular formula is C20H23NO4S2. The fraction of sp³-hybridized carbons (Fsp3) is 0.500. The third kappa shape index (κ3) is 4.46. The van der Waals surface area contributed by atoms with Crippen molar-refractivity contribution in [3.63, 3.8) is 0 Å². The van der Waals surface area contributed by atoms with Gasteiger partial charge in [-0.1, -0.05) is 54.7 Å². The number of benzene rings is 1. The fourth-order valence-electron chi connectivity index (χ4n) is 3.88. The van der Waals surface area contributed by atoms with Gasteiger partial charge in [-0.3, -0.25) is 19.2 Å². The van der Waals surface area contributed by atoms with Crippen molar-refractivity contribution >= 4 is 45.4 Å². The van der Waals surface area contributed by atoms with Crippen LogP contribution in [0.3, 0.4) is 0 Å². The maximum atomic E-state index is 12.9. The SMILES string of the molecule is CCSC(=O)SCC(=O)N1CCc2ccccc2C1C1C(=O)CCCC1=O. The molecule has 27 heavy (non-hydrogen) atoms. The molecule has 1 aromatic rings. The molecule has 1 heterocycles. The molecule has 0 saturated heterocycles. The number of hydrogen-bond donors (Lipinski definition) is 0. The van der Waals surface area contributed by atoms with Gasteiger partial charge in [0.05, 0.1) is 11.8 Å². The van der Waals surface area contributed by atoms with Crippen molar-refractivity contribution in [2.75, 3.05) is 18.1 Å². The number of amides is 1. The van der Waals surface area contributed by atoms with Gasteiger partial charge < -0.3 is 4.90 Å². The number of nitrogens with zero attached hydrogens (tertiary/aromatic N) is 1. The lowest BCUT2D eigenvalue weighted by molar-refractivity contribution is -0.142. The van der Waals surface area contributed by atoms with Crippen molar-refractivity contribution in [3.8, 4) is 0 Å². The van der Waals surface area contributed by atoms with Gasteiger partial charge >= 0.3 is 0 Å². The minimum absolute atomic E-state index is 0.0413. The molecule has 1 aliphatic carbocycles. The summed E-state index contributed by atoms with van der Waals surface area (Å²) in [4.78, 5) is 51.5. The Morgan fingerprint density at radius 2 is 1.78 bits per heavy atom. The first kappa shape index (κ1) is 20.1. The van der Waals surface area contributed by atoms with Crippen LogP contribution in [0.25, 0.3) is 0 Å². The molecule has 1 fully saturated rings. The van der Waals surface area contributed by atoms with Crippen molar-refractivity contribution in [1.82, 2.24) is 4.90 Å². The molecule has 1 aromatic carbocycles. The summed E-state index contributed by atoms with van der Waals surface area (Å²) < 4.78 is -0.0790. The summed E-state index contributed by atoms with van der Waals surface area (Å²) in [6.45, 7) is 2.36. The van der Waals surface area contributed by atoms with Gasteiger partial charge in [0.15, 0.2) is 0 Å². The number of rotatable bonds is 4. The van der Waals surface area contributed by atoms with Gasteiger partial charge in [-0.2, -0.15) is 0 Å². The number of hydrogen-bond acceptors (Lipinski definition) is 6. The topological polar surface area (TPSA) is 71.5 Å². The number of carbonyl (C=O) groups excluding carboxylic acids is 4. The zero-order valence-electron chi connectivity index (χ0n) is 15.3. The predicted molar refractivity (Wildman–Crippen MR) is 108 cm³/mol. The van der Waals surface area contributed by atoms with E-state index in [4.69, 9.17) is 0 Å². The van der Waals surface area contributed by atoms with Crippen molar-refractivity contribution in [1.29, 1.82) is 0 Å². The van der Waals surface area contributed by atoms with Gasteiger partial charge in [-0.25, -0.2) is 0 Å². The number of ketones is 2. The van der Waals surface area contributed by atoms with E-state index in [2.05, 4.69) is 0 Å². The van der Waals surface area contributed by atoms with Crippen LogP contribution in [0.15, 0.2) is 24.3 Å². The smallest absolute Gasteiger partial charge is 0.246 e. The quantitative estimate of drug-likeness (QED) is 0.712. The average Bonchev–Trinajstić information content (AvgIpc) is 2.66. The molecule has 0 N–H and O–H groups in total. The third-order valence-corrected chi connectivity index (χ3v) is 6.94. The van der Waals surface area contributed by atoms with E-state index in [0.717, 1.165) is 22.9 Å². The lowest BCUT2D eigenvalue weighted by atomic mass is 9.75. The minimum Gasteiger partial charge on any atom is -0.333 e. The zero-order valence-corrected chi connectivity index (χ0v) is 16.9. The van der Waals surface area contributed by atoms with Crippen LogP contribution in [-0.4, -0.2) is 44.9 Å². The molecular weight excluding hydrogens is 382 g/mol. The molecule has 1 aliphatic heterocycles. The summed E-state index contributed by atoms with van der Waals surface area (Å²) in [5.74, 6) is -0.401. The second-order valence-corrected chi connectivity index (χ2v) is 9.16. The van der Waals surface area contributed by atoms with Crippen molar-refractivity contribution in [2.45, 2.75) is 38.6 Å². The summed E-state index contributed by atoms with van der Waals surface area (Å²) in [7, 11) is 0.